The van der Waals surface area contributed by atoms with E-state index in [2.05, 4.69) is 37.9 Å². The highest BCUT2D eigenvalue weighted by atomic mass is 79.9. The molecule has 0 aliphatic rings. The van der Waals surface area contributed by atoms with Crippen LogP contribution in [0.3, 0.4) is 0 Å². The second-order valence-corrected chi connectivity index (χ2v) is 6.49. The monoisotopic (exact) mass is 382 g/mol. The molecule has 0 saturated carbocycles. The molecule has 1 atom stereocenters. The van der Waals surface area contributed by atoms with Gasteiger partial charge in [-0.3, -0.25) is 0 Å². The predicted octanol–water partition coefficient (Wildman–Crippen LogP) is 5.22. The Bertz CT molecular complexity index is 620. The van der Waals surface area contributed by atoms with Crippen molar-refractivity contribution in [1.29, 1.82) is 0 Å². The van der Waals surface area contributed by atoms with E-state index in [1.807, 2.05) is 45.0 Å². The first-order valence-corrected chi connectivity index (χ1v) is 7.70. The molecule has 1 N–H and O–H groups in total. The minimum Gasteiger partial charge on any atom is -0.384 e. The largest absolute Gasteiger partial charge is 0.384 e. The lowest BCUT2D eigenvalue weighted by Crippen LogP contribution is -2.04. The van der Waals surface area contributed by atoms with E-state index in [9.17, 15) is 5.11 Å². The van der Waals surface area contributed by atoms with Gasteiger partial charge in [0.1, 0.15) is 6.10 Å². The van der Waals surface area contributed by atoms with Crippen LogP contribution in [0.1, 0.15) is 33.9 Å². The van der Waals surface area contributed by atoms with E-state index in [1.54, 1.807) is 0 Å². The van der Waals surface area contributed by atoms with Crippen LogP contribution in [-0.4, -0.2) is 5.11 Å². The summed E-state index contributed by atoms with van der Waals surface area (Å²) in [4.78, 5) is 0. The lowest BCUT2D eigenvalue weighted by atomic mass is 9.95. The van der Waals surface area contributed by atoms with Gasteiger partial charge < -0.3 is 5.11 Å². The molecule has 19 heavy (non-hydrogen) atoms. The summed E-state index contributed by atoms with van der Waals surface area (Å²) in [5.41, 5.74) is 5.20. The minimum atomic E-state index is -0.610. The average molecular weight is 384 g/mol. The van der Waals surface area contributed by atoms with Gasteiger partial charge in [0.15, 0.2) is 0 Å². The van der Waals surface area contributed by atoms with Gasteiger partial charge in [-0.05, 0) is 54.7 Å². The van der Waals surface area contributed by atoms with Crippen molar-refractivity contribution in [3.05, 3.63) is 67.1 Å². The highest BCUT2D eigenvalue weighted by Gasteiger charge is 2.17. The Morgan fingerprint density at radius 2 is 1.58 bits per heavy atom. The first-order valence-electron chi connectivity index (χ1n) is 6.11. The molecule has 2 aromatic rings. The standard InChI is InChI=1S/C16H16Br2O/c1-9-5-4-6-12(15(9)18)16(19)13-7-11(3)14(17)8-10(13)2/h4-8,16,19H,1-3H3. The van der Waals surface area contributed by atoms with Crippen molar-refractivity contribution >= 4 is 31.9 Å². The molecule has 3 heteroatoms. The van der Waals surface area contributed by atoms with Crippen molar-refractivity contribution in [2.45, 2.75) is 26.9 Å². The normalized spacial score (nSPS) is 12.5. The van der Waals surface area contributed by atoms with Crippen molar-refractivity contribution in [3.63, 3.8) is 0 Å². The van der Waals surface area contributed by atoms with Crippen LogP contribution in [0.2, 0.25) is 0 Å². The van der Waals surface area contributed by atoms with Gasteiger partial charge in [-0.25, -0.2) is 0 Å². The molecule has 1 nitrogen and oxygen atoms in total. The maximum Gasteiger partial charge on any atom is 0.105 e. The first-order chi connectivity index (χ1) is 8.91. The molecular formula is C16H16Br2O. The van der Waals surface area contributed by atoms with Gasteiger partial charge in [0.2, 0.25) is 0 Å². The molecule has 2 aromatic carbocycles. The maximum atomic E-state index is 10.6. The number of benzene rings is 2. The zero-order chi connectivity index (χ0) is 14.2. The van der Waals surface area contributed by atoms with Crippen molar-refractivity contribution in [1.82, 2.24) is 0 Å². The second-order valence-electron chi connectivity index (χ2n) is 4.84. The van der Waals surface area contributed by atoms with Gasteiger partial charge >= 0.3 is 0 Å². The third-order valence-corrected chi connectivity index (χ3v) is 5.30. The number of rotatable bonds is 2. The Balaban J connectivity index is 2.53. The summed E-state index contributed by atoms with van der Waals surface area (Å²) >= 11 is 7.09. The average Bonchev–Trinajstić information content (AvgIpc) is 2.36. The smallest absolute Gasteiger partial charge is 0.105 e. The Morgan fingerprint density at radius 3 is 2.26 bits per heavy atom. The van der Waals surface area contributed by atoms with Gasteiger partial charge in [-0.1, -0.05) is 56.1 Å². The minimum absolute atomic E-state index is 0.610. The van der Waals surface area contributed by atoms with Crippen molar-refractivity contribution in [2.24, 2.45) is 0 Å². The Labute approximate surface area is 130 Å². The number of hydrogen-bond donors (Lipinski definition) is 1. The van der Waals surface area contributed by atoms with Crippen LogP contribution in [0.5, 0.6) is 0 Å². The van der Waals surface area contributed by atoms with Crippen LogP contribution in [0.4, 0.5) is 0 Å². The van der Waals surface area contributed by atoms with Gasteiger partial charge in [-0.15, -0.1) is 0 Å². The summed E-state index contributed by atoms with van der Waals surface area (Å²) in [6.07, 6.45) is -0.610. The number of aliphatic hydroxyl groups excluding tert-OH is 1. The maximum absolute atomic E-state index is 10.6. The van der Waals surface area contributed by atoms with Gasteiger partial charge in [-0.2, -0.15) is 0 Å². The summed E-state index contributed by atoms with van der Waals surface area (Å²) in [5, 5.41) is 10.6. The molecule has 0 aliphatic carbocycles. The van der Waals surface area contributed by atoms with E-state index in [-0.39, 0.29) is 0 Å². The Hall–Kier alpha value is -0.640. The fourth-order valence-corrected chi connectivity index (χ4v) is 3.09. The third kappa shape index (κ3) is 2.93. The molecule has 2 rings (SSSR count). The molecule has 0 aliphatic heterocycles. The van der Waals surface area contributed by atoms with Crippen LogP contribution in [0, 0.1) is 20.8 Å². The lowest BCUT2D eigenvalue weighted by Gasteiger charge is -2.18. The molecule has 100 valence electrons. The van der Waals surface area contributed by atoms with E-state index in [4.69, 9.17) is 0 Å². The molecule has 0 heterocycles. The number of halogens is 2. The summed E-state index contributed by atoms with van der Waals surface area (Å²) in [5.74, 6) is 0. The van der Waals surface area contributed by atoms with E-state index >= 15 is 0 Å². The predicted molar refractivity (Wildman–Crippen MR) is 86.6 cm³/mol. The van der Waals surface area contributed by atoms with Crippen molar-refractivity contribution in [3.8, 4) is 0 Å². The van der Waals surface area contributed by atoms with Gasteiger partial charge in [0, 0.05) is 8.95 Å². The van der Waals surface area contributed by atoms with Crippen molar-refractivity contribution in [2.75, 3.05) is 0 Å². The lowest BCUT2D eigenvalue weighted by molar-refractivity contribution is 0.218. The highest BCUT2D eigenvalue weighted by molar-refractivity contribution is 9.10. The van der Waals surface area contributed by atoms with E-state index in [0.717, 1.165) is 36.8 Å². The number of hydrogen-bond acceptors (Lipinski definition) is 1. The Morgan fingerprint density at radius 1 is 0.895 bits per heavy atom. The fourth-order valence-electron chi connectivity index (χ4n) is 2.15. The number of aliphatic hydroxyl groups is 1. The molecule has 0 spiro atoms. The van der Waals surface area contributed by atoms with E-state index < -0.39 is 6.10 Å². The molecule has 0 saturated heterocycles. The van der Waals surface area contributed by atoms with Crippen LogP contribution in [-0.2, 0) is 0 Å². The van der Waals surface area contributed by atoms with Crippen LogP contribution >= 0.6 is 31.9 Å². The summed E-state index contributed by atoms with van der Waals surface area (Å²) in [6.45, 7) is 6.08. The molecule has 0 aromatic heterocycles. The van der Waals surface area contributed by atoms with Gasteiger partial charge in [0.25, 0.3) is 0 Å². The Kier molecular flexibility index (Phi) is 4.49. The number of aryl methyl sites for hydroxylation is 3. The quantitative estimate of drug-likeness (QED) is 0.753. The molecule has 0 bridgehead atoms. The third-order valence-electron chi connectivity index (χ3n) is 3.36. The molecule has 0 amide bonds. The zero-order valence-electron chi connectivity index (χ0n) is 11.2. The molecular weight excluding hydrogens is 368 g/mol. The van der Waals surface area contributed by atoms with E-state index in [1.165, 1.54) is 0 Å². The summed E-state index contributed by atoms with van der Waals surface area (Å²) in [7, 11) is 0. The topological polar surface area (TPSA) is 20.2 Å². The fraction of sp³-hybridized carbons (Fsp3) is 0.250. The van der Waals surface area contributed by atoms with Crippen molar-refractivity contribution < 1.29 is 5.11 Å². The molecule has 1 unspecified atom stereocenters. The first kappa shape index (κ1) is 14.8. The zero-order valence-corrected chi connectivity index (χ0v) is 14.3. The van der Waals surface area contributed by atoms with Crippen LogP contribution < -0.4 is 0 Å². The van der Waals surface area contributed by atoms with Crippen LogP contribution in [0.15, 0.2) is 39.3 Å². The molecule has 0 fully saturated rings. The van der Waals surface area contributed by atoms with Crippen LogP contribution in [0.25, 0.3) is 0 Å². The summed E-state index contributed by atoms with van der Waals surface area (Å²) < 4.78 is 2.05. The second kappa shape index (κ2) is 5.78. The highest BCUT2D eigenvalue weighted by Crippen LogP contribution is 2.33. The van der Waals surface area contributed by atoms with Gasteiger partial charge in [0.05, 0.1) is 0 Å². The summed E-state index contributed by atoms with van der Waals surface area (Å²) in [6, 6.07) is 10.1. The van der Waals surface area contributed by atoms with E-state index in [0.29, 0.717) is 0 Å². The molecule has 0 radical (unpaired) electrons. The SMILES string of the molecule is Cc1cc(C(O)c2cccc(C)c2Br)c(C)cc1Br.